The molecule has 10 nitrogen and oxygen atoms in total. The average Bonchev–Trinajstić information content (AvgIpc) is 3.18. The van der Waals surface area contributed by atoms with Crippen LogP contribution in [0.3, 0.4) is 0 Å². The van der Waals surface area contributed by atoms with Gasteiger partial charge in [-0.1, -0.05) is 18.2 Å². The molecule has 3 atom stereocenters. The van der Waals surface area contributed by atoms with Crippen LogP contribution in [0, 0.1) is 11.8 Å². The van der Waals surface area contributed by atoms with Gasteiger partial charge >= 0.3 is 5.97 Å². The summed E-state index contributed by atoms with van der Waals surface area (Å²) >= 11 is 0. The lowest BCUT2D eigenvalue weighted by molar-refractivity contribution is -0.147. The smallest absolute Gasteiger partial charge is 0.306 e. The van der Waals surface area contributed by atoms with E-state index >= 15 is 0 Å². The summed E-state index contributed by atoms with van der Waals surface area (Å²) in [5.41, 5.74) is 4.08. The summed E-state index contributed by atoms with van der Waals surface area (Å²) in [5.74, 6) is -1.12. The van der Waals surface area contributed by atoms with Crippen molar-refractivity contribution in [1.82, 2.24) is 20.1 Å². The number of likely N-dealkylation sites (tertiary alicyclic amines) is 1. The molecule has 3 fully saturated rings. The summed E-state index contributed by atoms with van der Waals surface area (Å²) in [7, 11) is 1.94. The van der Waals surface area contributed by atoms with Gasteiger partial charge in [0.05, 0.1) is 36.6 Å². The third kappa shape index (κ3) is 5.07. The van der Waals surface area contributed by atoms with Crippen molar-refractivity contribution in [3.05, 3.63) is 30.3 Å². The third-order valence-electron chi connectivity index (χ3n) is 6.82. The lowest BCUT2D eigenvalue weighted by atomic mass is 9.84. The van der Waals surface area contributed by atoms with Crippen LogP contribution in [0.25, 0.3) is 0 Å². The van der Waals surface area contributed by atoms with Crippen molar-refractivity contribution in [2.24, 2.45) is 11.8 Å². The fourth-order valence-corrected chi connectivity index (χ4v) is 5.07. The summed E-state index contributed by atoms with van der Waals surface area (Å²) in [5, 5.41) is 1.58. The summed E-state index contributed by atoms with van der Waals surface area (Å²) in [6.45, 7) is 4.97. The maximum Gasteiger partial charge on any atom is 0.306 e. The van der Waals surface area contributed by atoms with E-state index in [9.17, 15) is 19.2 Å². The number of hydrogen-bond donors (Lipinski definition) is 1. The number of hydrazine groups is 1. The normalized spacial score (nSPS) is 25.3. The lowest BCUT2D eigenvalue weighted by Crippen LogP contribution is -2.59. The molecule has 1 aromatic rings. The molecule has 0 aromatic heterocycles. The topological polar surface area (TPSA) is 103 Å². The Hall–Kier alpha value is -2.98. The van der Waals surface area contributed by atoms with Gasteiger partial charge in [-0.05, 0) is 26.1 Å². The summed E-state index contributed by atoms with van der Waals surface area (Å²) in [4.78, 5) is 56.2. The van der Waals surface area contributed by atoms with E-state index in [0.717, 1.165) is 5.69 Å². The van der Waals surface area contributed by atoms with E-state index in [1.807, 2.05) is 42.3 Å². The number of amides is 3. The number of carbonyl (C=O) groups excluding carboxylic acids is 4. The highest BCUT2D eigenvalue weighted by atomic mass is 16.5. The monoisotopic (exact) mass is 471 g/mol. The van der Waals surface area contributed by atoms with Gasteiger partial charge in [-0.3, -0.25) is 19.2 Å². The van der Waals surface area contributed by atoms with E-state index in [2.05, 4.69) is 5.43 Å². The largest absolute Gasteiger partial charge is 0.466 e. The molecule has 10 heteroatoms. The van der Waals surface area contributed by atoms with Crippen LogP contribution in [0.5, 0.6) is 0 Å². The zero-order valence-corrected chi connectivity index (χ0v) is 19.8. The van der Waals surface area contributed by atoms with E-state index in [0.29, 0.717) is 45.9 Å². The molecule has 3 aliphatic heterocycles. The van der Waals surface area contributed by atoms with Crippen molar-refractivity contribution in [1.29, 1.82) is 0 Å². The van der Waals surface area contributed by atoms with Crippen molar-refractivity contribution >= 4 is 29.4 Å². The van der Waals surface area contributed by atoms with Crippen molar-refractivity contribution in [3.8, 4) is 0 Å². The number of piperazine rings is 1. The van der Waals surface area contributed by atoms with Crippen molar-refractivity contribution in [2.75, 3.05) is 57.9 Å². The van der Waals surface area contributed by atoms with Crippen molar-refractivity contribution < 1.29 is 23.9 Å². The first-order chi connectivity index (χ1) is 16.4. The Bertz CT molecular complexity index is 918. The number of rotatable bonds is 6. The van der Waals surface area contributed by atoms with Gasteiger partial charge in [-0.25, -0.2) is 10.4 Å². The standard InChI is InChI=1S/C24H33N5O5/c1-3-34-21(31)10-9-20(30)27-11-13-28(14-12-27)23(32)18-15-26(2)16-19-22(18)25-29(24(19)33)17-7-5-4-6-8-17/h4-8,18-19,22,25H,3,9-16H2,1-2H3. The van der Waals surface area contributed by atoms with Crippen LogP contribution in [0.2, 0.25) is 0 Å². The molecule has 0 aliphatic carbocycles. The number of ether oxygens (including phenoxy) is 1. The van der Waals surface area contributed by atoms with Crippen LogP contribution in [-0.2, 0) is 23.9 Å². The molecular weight excluding hydrogens is 438 g/mol. The number of benzene rings is 1. The number of para-hydroxylation sites is 1. The Labute approximate surface area is 199 Å². The molecule has 0 bridgehead atoms. The summed E-state index contributed by atoms with van der Waals surface area (Å²) in [6.07, 6.45) is 0.187. The molecule has 0 spiro atoms. The quantitative estimate of drug-likeness (QED) is 0.587. The van der Waals surface area contributed by atoms with Crippen LogP contribution in [0.15, 0.2) is 30.3 Å². The van der Waals surface area contributed by atoms with Gasteiger partial charge < -0.3 is 19.4 Å². The van der Waals surface area contributed by atoms with Crippen LogP contribution in [0.1, 0.15) is 19.8 Å². The molecule has 3 aliphatic rings. The van der Waals surface area contributed by atoms with Crippen LogP contribution in [0.4, 0.5) is 5.69 Å². The molecule has 184 valence electrons. The SMILES string of the molecule is CCOC(=O)CCC(=O)N1CCN(C(=O)C2CN(C)CC3C(=O)N(c4ccccc4)NC23)CC1. The van der Waals surface area contributed by atoms with E-state index in [-0.39, 0.29) is 54.4 Å². The highest BCUT2D eigenvalue weighted by molar-refractivity contribution is 5.98. The predicted molar refractivity (Wildman–Crippen MR) is 124 cm³/mol. The molecule has 3 amide bonds. The minimum atomic E-state index is -0.371. The first-order valence-corrected chi connectivity index (χ1v) is 11.9. The van der Waals surface area contributed by atoms with Crippen LogP contribution in [-0.4, -0.2) is 97.4 Å². The second-order valence-electron chi connectivity index (χ2n) is 9.11. The van der Waals surface area contributed by atoms with E-state index in [1.165, 1.54) is 0 Å². The van der Waals surface area contributed by atoms with Gasteiger partial charge in [0.25, 0.3) is 0 Å². The third-order valence-corrected chi connectivity index (χ3v) is 6.82. The lowest BCUT2D eigenvalue weighted by Gasteiger charge is -2.41. The van der Waals surface area contributed by atoms with Gasteiger partial charge in [0.15, 0.2) is 0 Å². The second-order valence-corrected chi connectivity index (χ2v) is 9.11. The van der Waals surface area contributed by atoms with Gasteiger partial charge in [-0.2, -0.15) is 0 Å². The Balaban J connectivity index is 1.36. The van der Waals surface area contributed by atoms with Crippen molar-refractivity contribution in [2.45, 2.75) is 25.8 Å². The number of nitrogens with one attached hydrogen (secondary N) is 1. The van der Waals surface area contributed by atoms with Gasteiger partial charge in [0, 0.05) is 45.7 Å². The average molecular weight is 472 g/mol. The number of carbonyl (C=O) groups is 4. The maximum absolute atomic E-state index is 13.5. The first kappa shape index (κ1) is 24.2. The Morgan fingerprint density at radius 3 is 2.35 bits per heavy atom. The number of hydrogen-bond acceptors (Lipinski definition) is 7. The molecule has 3 unspecified atom stereocenters. The molecule has 0 radical (unpaired) electrons. The fourth-order valence-electron chi connectivity index (χ4n) is 5.07. The molecule has 0 saturated carbocycles. The van der Waals surface area contributed by atoms with E-state index < -0.39 is 0 Å². The van der Waals surface area contributed by atoms with Crippen LogP contribution >= 0.6 is 0 Å². The summed E-state index contributed by atoms with van der Waals surface area (Å²) in [6, 6.07) is 9.16. The van der Waals surface area contributed by atoms with E-state index in [4.69, 9.17) is 4.74 Å². The maximum atomic E-state index is 13.5. The molecule has 1 N–H and O–H groups in total. The van der Waals surface area contributed by atoms with Crippen molar-refractivity contribution in [3.63, 3.8) is 0 Å². The fraction of sp³-hybridized carbons (Fsp3) is 0.583. The minimum absolute atomic E-state index is 0.00962. The predicted octanol–water partition coefficient (Wildman–Crippen LogP) is 0.0983. The van der Waals surface area contributed by atoms with Gasteiger partial charge in [-0.15, -0.1) is 0 Å². The second kappa shape index (κ2) is 10.5. The molecule has 1 aromatic carbocycles. The zero-order chi connectivity index (χ0) is 24.2. The first-order valence-electron chi connectivity index (χ1n) is 11.9. The molecule has 3 heterocycles. The minimum Gasteiger partial charge on any atom is -0.466 e. The van der Waals surface area contributed by atoms with Gasteiger partial charge in [0.1, 0.15) is 0 Å². The molecular formula is C24H33N5O5. The highest BCUT2D eigenvalue weighted by Crippen LogP contribution is 2.32. The van der Waals surface area contributed by atoms with Gasteiger partial charge in [0.2, 0.25) is 17.7 Å². The number of piperidine rings is 1. The van der Waals surface area contributed by atoms with Crippen LogP contribution < -0.4 is 10.4 Å². The highest BCUT2D eigenvalue weighted by Gasteiger charge is 2.51. The number of nitrogens with zero attached hydrogens (tertiary/aromatic N) is 4. The Morgan fingerprint density at radius 2 is 1.68 bits per heavy atom. The number of anilines is 1. The molecule has 4 rings (SSSR count). The Kier molecular flexibility index (Phi) is 7.47. The Morgan fingerprint density at radius 1 is 1.00 bits per heavy atom. The van der Waals surface area contributed by atoms with E-state index in [1.54, 1.807) is 21.7 Å². The summed E-state index contributed by atoms with van der Waals surface area (Å²) < 4.78 is 4.88. The molecule has 3 saturated heterocycles. The number of esters is 1. The zero-order valence-electron chi connectivity index (χ0n) is 19.8. The molecule has 34 heavy (non-hydrogen) atoms. The number of fused-ring (bicyclic) bond motifs is 1.